The third-order valence-corrected chi connectivity index (χ3v) is 4.12. The molecular formula is C15H22N3O8P. The van der Waals surface area contributed by atoms with Crippen molar-refractivity contribution in [2.24, 2.45) is 5.92 Å². The highest BCUT2D eigenvalue weighted by Crippen LogP contribution is 2.35. The molecule has 0 aromatic heterocycles. The summed E-state index contributed by atoms with van der Waals surface area (Å²) >= 11 is 0. The molecule has 2 amide bonds. The maximum atomic E-state index is 12.3. The van der Waals surface area contributed by atoms with Crippen LogP contribution in [0.3, 0.4) is 0 Å². The molecule has 11 nitrogen and oxygen atoms in total. The molecule has 0 aliphatic carbocycles. The van der Waals surface area contributed by atoms with Crippen molar-refractivity contribution in [1.29, 1.82) is 0 Å². The molecule has 1 rings (SSSR count). The minimum absolute atomic E-state index is 0.0286. The Hall–Kier alpha value is -2.49. The fourth-order valence-corrected chi connectivity index (χ4v) is 2.99. The molecule has 4 N–H and O–H groups in total. The summed E-state index contributed by atoms with van der Waals surface area (Å²) in [7, 11) is -4.53. The van der Waals surface area contributed by atoms with Crippen LogP contribution < -0.4 is 5.32 Å². The summed E-state index contributed by atoms with van der Waals surface area (Å²) in [5, 5.41) is 22.2. The minimum atomic E-state index is -4.53. The number of nitrogens with zero attached hydrogens (tertiary/aromatic N) is 2. The largest absolute Gasteiger partial charge is 0.480 e. The molecule has 0 bridgehead atoms. The van der Waals surface area contributed by atoms with Gasteiger partial charge in [-0.25, -0.2) is 9.59 Å². The monoisotopic (exact) mass is 403 g/mol. The number of nitro benzene ring substituents is 1. The first-order valence-corrected chi connectivity index (χ1v) is 9.75. The van der Waals surface area contributed by atoms with Gasteiger partial charge in [0.1, 0.15) is 12.3 Å². The standard InChI is InChI=1S/C15H22N3O8P/c1-10(2)8-17(9-27(24,25)26)15(21)16-13(14(19)20)7-11-3-5-12(6-4-11)18(22)23/h3-6,10,13H,7-9H2,1-2H3,(H,16,21)(H,19,20)(H2,24,25,26)/t13-/m0/s1. The van der Waals surface area contributed by atoms with Crippen LogP contribution in [-0.4, -0.2) is 55.6 Å². The van der Waals surface area contributed by atoms with Gasteiger partial charge in [-0.3, -0.25) is 14.7 Å². The number of urea groups is 1. The molecule has 27 heavy (non-hydrogen) atoms. The maximum Gasteiger partial charge on any atom is 0.344 e. The normalized spacial score (nSPS) is 12.5. The van der Waals surface area contributed by atoms with Crippen molar-refractivity contribution in [3.63, 3.8) is 0 Å². The van der Waals surface area contributed by atoms with Gasteiger partial charge < -0.3 is 25.1 Å². The van der Waals surface area contributed by atoms with Crippen molar-refractivity contribution in [1.82, 2.24) is 10.2 Å². The second-order valence-electron chi connectivity index (χ2n) is 6.39. The zero-order chi connectivity index (χ0) is 20.8. The molecule has 150 valence electrons. The van der Waals surface area contributed by atoms with E-state index in [1.807, 2.05) is 0 Å². The van der Waals surface area contributed by atoms with Gasteiger partial charge in [-0.05, 0) is 11.5 Å². The summed E-state index contributed by atoms with van der Waals surface area (Å²) in [5.41, 5.74) is 0.290. The highest BCUT2D eigenvalue weighted by molar-refractivity contribution is 7.51. The molecule has 0 saturated heterocycles. The quantitative estimate of drug-likeness (QED) is 0.272. The Balaban J connectivity index is 2.89. The summed E-state index contributed by atoms with van der Waals surface area (Å²) in [6, 6.07) is 2.90. The number of benzene rings is 1. The van der Waals surface area contributed by atoms with E-state index in [2.05, 4.69) is 5.32 Å². The van der Waals surface area contributed by atoms with Gasteiger partial charge in [-0.2, -0.15) is 0 Å². The molecule has 12 heteroatoms. The van der Waals surface area contributed by atoms with E-state index in [-0.39, 0.29) is 24.6 Å². The molecule has 1 aromatic carbocycles. The molecular weight excluding hydrogens is 381 g/mol. The van der Waals surface area contributed by atoms with Crippen molar-refractivity contribution in [3.05, 3.63) is 39.9 Å². The van der Waals surface area contributed by atoms with Gasteiger partial charge in [-0.15, -0.1) is 0 Å². The highest BCUT2D eigenvalue weighted by Gasteiger charge is 2.28. The third kappa shape index (κ3) is 8.16. The van der Waals surface area contributed by atoms with E-state index in [0.29, 0.717) is 5.56 Å². The summed E-state index contributed by atoms with van der Waals surface area (Å²) in [4.78, 5) is 52.9. The molecule has 0 heterocycles. The van der Waals surface area contributed by atoms with Gasteiger partial charge >= 0.3 is 19.6 Å². The minimum Gasteiger partial charge on any atom is -0.480 e. The molecule has 0 radical (unpaired) electrons. The van der Waals surface area contributed by atoms with Crippen molar-refractivity contribution in [3.8, 4) is 0 Å². The van der Waals surface area contributed by atoms with Gasteiger partial charge in [0, 0.05) is 25.1 Å². The maximum absolute atomic E-state index is 12.3. The van der Waals surface area contributed by atoms with E-state index in [1.54, 1.807) is 13.8 Å². The zero-order valence-corrected chi connectivity index (χ0v) is 15.7. The lowest BCUT2D eigenvalue weighted by atomic mass is 10.1. The molecule has 0 unspecified atom stereocenters. The number of carbonyl (C=O) groups is 2. The fourth-order valence-electron chi connectivity index (χ4n) is 2.30. The van der Waals surface area contributed by atoms with E-state index in [1.165, 1.54) is 24.3 Å². The number of nitrogens with one attached hydrogen (secondary N) is 1. The van der Waals surface area contributed by atoms with E-state index < -0.39 is 36.8 Å². The first-order chi connectivity index (χ1) is 12.4. The zero-order valence-electron chi connectivity index (χ0n) is 14.8. The molecule has 0 fully saturated rings. The van der Waals surface area contributed by atoms with Crippen molar-refractivity contribution in [2.45, 2.75) is 26.3 Å². The van der Waals surface area contributed by atoms with E-state index in [4.69, 9.17) is 9.79 Å². The SMILES string of the molecule is CC(C)CN(CP(=O)(O)O)C(=O)N[C@@H](Cc1ccc([N+](=O)[O-])cc1)C(=O)O. The first kappa shape index (κ1) is 22.6. The predicted molar refractivity (Wildman–Crippen MR) is 95.2 cm³/mol. The summed E-state index contributed by atoms with van der Waals surface area (Å²) in [5.74, 6) is -1.44. The number of non-ortho nitro benzene ring substituents is 1. The second kappa shape index (κ2) is 9.45. The molecule has 0 spiro atoms. The number of carboxylic acid groups (broad SMARTS) is 1. The van der Waals surface area contributed by atoms with Crippen LogP contribution in [0.15, 0.2) is 24.3 Å². The number of hydrogen-bond acceptors (Lipinski definition) is 5. The molecule has 1 aromatic rings. The first-order valence-electron chi connectivity index (χ1n) is 7.95. The average molecular weight is 403 g/mol. The van der Waals surface area contributed by atoms with Crippen LogP contribution in [-0.2, 0) is 15.8 Å². The number of hydrogen-bond donors (Lipinski definition) is 4. The molecule has 0 aliphatic heterocycles. The number of rotatable bonds is 9. The number of nitro groups is 1. The van der Waals surface area contributed by atoms with E-state index >= 15 is 0 Å². The Morgan fingerprint density at radius 3 is 2.22 bits per heavy atom. The summed E-state index contributed by atoms with van der Waals surface area (Å²) in [6.07, 6.45) is -0.981. The lowest BCUT2D eigenvalue weighted by molar-refractivity contribution is -0.384. The van der Waals surface area contributed by atoms with Crippen LogP contribution in [0.25, 0.3) is 0 Å². The van der Waals surface area contributed by atoms with Gasteiger partial charge in [0.25, 0.3) is 5.69 Å². The lowest BCUT2D eigenvalue weighted by Crippen LogP contribution is -2.50. The van der Waals surface area contributed by atoms with Gasteiger partial charge in [0.05, 0.1) is 4.92 Å². The van der Waals surface area contributed by atoms with Gasteiger partial charge in [0.2, 0.25) is 0 Å². The number of aliphatic carboxylic acids is 1. The van der Waals surface area contributed by atoms with Crippen LogP contribution in [0.5, 0.6) is 0 Å². The number of amides is 2. The Labute approximate surface area is 155 Å². The van der Waals surface area contributed by atoms with Crippen LogP contribution in [0.2, 0.25) is 0 Å². The lowest BCUT2D eigenvalue weighted by Gasteiger charge is -2.26. The third-order valence-electron chi connectivity index (χ3n) is 3.41. The molecule has 0 saturated carbocycles. The molecule has 1 atom stereocenters. The Morgan fingerprint density at radius 1 is 1.26 bits per heavy atom. The second-order valence-corrected chi connectivity index (χ2v) is 8.00. The smallest absolute Gasteiger partial charge is 0.344 e. The predicted octanol–water partition coefficient (Wildman–Crippen LogP) is 1.39. The molecule has 0 aliphatic rings. The number of carboxylic acids is 1. The Morgan fingerprint density at radius 2 is 1.81 bits per heavy atom. The Kier molecular flexibility index (Phi) is 7.89. The topological polar surface area (TPSA) is 170 Å². The van der Waals surface area contributed by atoms with E-state index in [9.17, 15) is 29.4 Å². The van der Waals surface area contributed by atoms with E-state index in [0.717, 1.165) is 4.90 Å². The van der Waals surface area contributed by atoms with Crippen molar-refractivity contribution < 1.29 is 34.0 Å². The Bertz CT molecular complexity index is 731. The number of carbonyl (C=O) groups excluding carboxylic acids is 1. The van der Waals surface area contributed by atoms with Gasteiger partial charge in [0.15, 0.2) is 0 Å². The highest BCUT2D eigenvalue weighted by atomic mass is 31.2. The average Bonchev–Trinajstić information content (AvgIpc) is 2.52. The van der Waals surface area contributed by atoms with Crippen LogP contribution in [0.4, 0.5) is 10.5 Å². The fraction of sp³-hybridized carbons (Fsp3) is 0.467. The van der Waals surface area contributed by atoms with Crippen LogP contribution >= 0.6 is 7.60 Å². The van der Waals surface area contributed by atoms with Crippen LogP contribution in [0, 0.1) is 16.0 Å². The van der Waals surface area contributed by atoms with Crippen molar-refractivity contribution >= 4 is 25.3 Å². The van der Waals surface area contributed by atoms with Crippen LogP contribution in [0.1, 0.15) is 19.4 Å². The van der Waals surface area contributed by atoms with Gasteiger partial charge in [-0.1, -0.05) is 26.0 Å². The summed E-state index contributed by atoms with van der Waals surface area (Å²) in [6.45, 7) is 3.51. The summed E-state index contributed by atoms with van der Waals surface area (Å²) < 4.78 is 11.2. The van der Waals surface area contributed by atoms with Crippen molar-refractivity contribution in [2.75, 3.05) is 12.8 Å².